The van der Waals surface area contributed by atoms with E-state index in [9.17, 15) is 4.39 Å². The second-order valence-electron chi connectivity index (χ2n) is 7.23. The maximum absolute atomic E-state index is 14.8. The zero-order valence-corrected chi connectivity index (χ0v) is 16.3. The molecule has 6 aromatic rings. The molecule has 0 bridgehead atoms. The van der Waals surface area contributed by atoms with Gasteiger partial charge in [0.1, 0.15) is 23.1 Å². The van der Waals surface area contributed by atoms with E-state index in [4.69, 9.17) is 4.98 Å². The normalized spacial score (nSPS) is 11.5. The molecule has 0 aliphatic carbocycles. The van der Waals surface area contributed by atoms with Crippen LogP contribution in [0.5, 0.6) is 0 Å². The van der Waals surface area contributed by atoms with Crippen LogP contribution in [0.15, 0.2) is 61.4 Å². The van der Waals surface area contributed by atoms with Gasteiger partial charge >= 0.3 is 0 Å². The molecule has 0 radical (unpaired) electrons. The molecule has 0 saturated heterocycles. The molecule has 6 rings (SSSR count). The van der Waals surface area contributed by atoms with Crippen LogP contribution >= 0.6 is 0 Å². The van der Waals surface area contributed by atoms with Crippen LogP contribution in [-0.2, 0) is 0 Å². The van der Waals surface area contributed by atoms with E-state index in [1.165, 1.54) is 6.07 Å². The Bertz CT molecular complexity index is 1560. The number of aromatic nitrogens is 8. The molecule has 9 heteroatoms. The third-order valence-electron chi connectivity index (χ3n) is 5.18. The summed E-state index contributed by atoms with van der Waals surface area (Å²) in [5.41, 5.74) is 4.76. The Morgan fingerprint density at radius 2 is 1.97 bits per heavy atom. The fourth-order valence-electron chi connectivity index (χ4n) is 3.72. The number of imidazole rings is 2. The number of hydrogen-bond acceptors (Lipinski definition) is 5. The minimum absolute atomic E-state index is 0.256. The minimum Gasteiger partial charge on any atom is -0.336 e. The fourth-order valence-corrected chi connectivity index (χ4v) is 3.72. The molecule has 0 aliphatic rings. The van der Waals surface area contributed by atoms with E-state index >= 15 is 0 Å². The molecule has 0 spiro atoms. The number of H-pyrrole nitrogens is 2. The number of fused-ring (bicyclic) bond motifs is 2. The first-order valence-electron chi connectivity index (χ1n) is 9.61. The molecular weight excluding hydrogens is 395 g/mol. The van der Waals surface area contributed by atoms with Gasteiger partial charge in [0, 0.05) is 35.7 Å². The monoisotopic (exact) mass is 410 g/mol. The summed E-state index contributed by atoms with van der Waals surface area (Å²) in [6.45, 7) is 1.91. The van der Waals surface area contributed by atoms with E-state index in [2.05, 4.69) is 30.1 Å². The highest BCUT2D eigenvalue weighted by molar-refractivity contribution is 5.96. The van der Waals surface area contributed by atoms with Crippen molar-refractivity contribution in [2.24, 2.45) is 0 Å². The van der Waals surface area contributed by atoms with Gasteiger partial charge in [-0.2, -0.15) is 5.10 Å². The zero-order chi connectivity index (χ0) is 20.9. The van der Waals surface area contributed by atoms with Crippen LogP contribution in [0.4, 0.5) is 4.39 Å². The Balaban J connectivity index is 1.55. The summed E-state index contributed by atoms with van der Waals surface area (Å²) in [6.07, 6.45) is 8.68. The van der Waals surface area contributed by atoms with E-state index in [0.717, 1.165) is 16.8 Å². The summed E-state index contributed by atoms with van der Waals surface area (Å²) in [6, 6.07) is 8.91. The molecule has 2 N–H and O–H groups in total. The van der Waals surface area contributed by atoms with Crippen molar-refractivity contribution < 1.29 is 4.39 Å². The standard InChI is InChI=1S/C22H15FN8/c1-12-10-31(11-26-12)22-20-17(4-6-25-22)27-21(28-20)19-15-7-14(13-3-2-5-24-9-13)8-16(23)18(15)29-30-19/h2-11H,1H3,(H,27,28)(H,29,30). The molecule has 8 nitrogen and oxygen atoms in total. The van der Waals surface area contributed by atoms with Gasteiger partial charge in [-0.3, -0.25) is 14.6 Å². The number of aryl methyl sites for hydroxylation is 1. The Morgan fingerprint density at radius 3 is 2.77 bits per heavy atom. The maximum Gasteiger partial charge on any atom is 0.166 e. The molecule has 0 atom stereocenters. The molecule has 1 aromatic carbocycles. The number of rotatable bonds is 3. The summed E-state index contributed by atoms with van der Waals surface area (Å²) >= 11 is 0. The van der Waals surface area contributed by atoms with Gasteiger partial charge < -0.3 is 4.98 Å². The largest absolute Gasteiger partial charge is 0.336 e. The molecule has 5 heterocycles. The number of pyridine rings is 2. The molecule has 0 saturated carbocycles. The van der Waals surface area contributed by atoms with Crippen molar-refractivity contribution in [3.63, 3.8) is 0 Å². The van der Waals surface area contributed by atoms with E-state index in [0.29, 0.717) is 33.8 Å². The van der Waals surface area contributed by atoms with Gasteiger partial charge in [-0.25, -0.2) is 19.3 Å². The summed E-state index contributed by atoms with van der Waals surface area (Å²) in [7, 11) is 0. The highest BCUT2D eigenvalue weighted by Gasteiger charge is 2.18. The molecule has 0 amide bonds. The number of halogens is 1. The number of hydrogen-bond donors (Lipinski definition) is 2. The third-order valence-corrected chi connectivity index (χ3v) is 5.18. The second-order valence-corrected chi connectivity index (χ2v) is 7.23. The average molecular weight is 410 g/mol. The van der Waals surface area contributed by atoms with Gasteiger partial charge in [0.05, 0.1) is 11.2 Å². The quantitative estimate of drug-likeness (QED) is 0.455. The van der Waals surface area contributed by atoms with Crippen molar-refractivity contribution >= 4 is 21.9 Å². The van der Waals surface area contributed by atoms with E-state index in [1.807, 2.05) is 42.0 Å². The average Bonchev–Trinajstić information content (AvgIpc) is 3.51. The lowest BCUT2D eigenvalue weighted by atomic mass is 10.0. The number of aromatic amines is 2. The first-order chi connectivity index (χ1) is 15.2. The van der Waals surface area contributed by atoms with E-state index in [1.54, 1.807) is 24.9 Å². The number of benzene rings is 1. The van der Waals surface area contributed by atoms with Gasteiger partial charge in [-0.15, -0.1) is 0 Å². The van der Waals surface area contributed by atoms with Gasteiger partial charge in [0.25, 0.3) is 0 Å². The first-order valence-corrected chi connectivity index (χ1v) is 9.61. The van der Waals surface area contributed by atoms with Crippen LogP contribution in [0.3, 0.4) is 0 Å². The number of nitrogens with one attached hydrogen (secondary N) is 2. The summed E-state index contributed by atoms with van der Waals surface area (Å²) in [4.78, 5) is 20.9. The van der Waals surface area contributed by atoms with Gasteiger partial charge in [-0.1, -0.05) is 6.07 Å². The van der Waals surface area contributed by atoms with Gasteiger partial charge in [0.2, 0.25) is 0 Å². The molecule has 5 aromatic heterocycles. The topological polar surface area (TPSA) is 101 Å². The van der Waals surface area contributed by atoms with E-state index < -0.39 is 5.82 Å². The Morgan fingerprint density at radius 1 is 1.03 bits per heavy atom. The molecule has 0 aliphatic heterocycles. The first kappa shape index (κ1) is 17.5. The fraction of sp³-hybridized carbons (Fsp3) is 0.0455. The lowest BCUT2D eigenvalue weighted by molar-refractivity contribution is 0.636. The van der Waals surface area contributed by atoms with Gasteiger partial charge in [-0.05, 0) is 36.8 Å². The van der Waals surface area contributed by atoms with Crippen molar-refractivity contribution in [1.29, 1.82) is 0 Å². The van der Waals surface area contributed by atoms with Crippen LogP contribution < -0.4 is 0 Å². The Kier molecular flexibility index (Phi) is 3.69. The smallest absolute Gasteiger partial charge is 0.166 e. The van der Waals surface area contributed by atoms with Crippen molar-refractivity contribution in [3.8, 4) is 28.5 Å². The maximum atomic E-state index is 14.8. The lowest BCUT2D eigenvalue weighted by Crippen LogP contribution is -1.95. The molecule has 31 heavy (non-hydrogen) atoms. The molecule has 0 unspecified atom stereocenters. The highest BCUT2D eigenvalue weighted by Crippen LogP contribution is 2.32. The third kappa shape index (κ3) is 2.78. The summed E-state index contributed by atoms with van der Waals surface area (Å²) in [5.74, 6) is 0.796. The highest BCUT2D eigenvalue weighted by atomic mass is 19.1. The lowest BCUT2D eigenvalue weighted by Gasteiger charge is -2.02. The molecular formula is C22H15FN8. The van der Waals surface area contributed by atoms with Crippen LogP contribution in [-0.4, -0.2) is 39.7 Å². The summed E-state index contributed by atoms with van der Waals surface area (Å²) < 4.78 is 16.6. The molecule has 0 fully saturated rings. The van der Waals surface area contributed by atoms with Crippen LogP contribution in [0, 0.1) is 12.7 Å². The van der Waals surface area contributed by atoms with Crippen LogP contribution in [0.2, 0.25) is 0 Å². The Hall–Kier alpha value is -4.40. The molecule has 150 valence electrons. The summed E-state index contributed by atoms with van der Waals surface area (Å²) in [5, 5.41) is 7.74. The predicted molar refractivity (Wildman–Crippen MR) is 114 cm³/mol. The number of nitrogens with zero attached hydrogens (tertiary/aromatic N) is 6. The zero-order valence-electron chi connectivity index (χ0n) is 16.3. The van der Waals surface area contributed by atoms with Crippen LogP contribution in [0.25, 0.3) is 50.4 Å². The van der Waals surface area contributed by atoms with Crippen molar-refractivity contribution in [3.05, 3.63) is 73.0 Å². The second kappa shape index (κ2) is 6.56. The van der Waals surface area contributed by atoms with Crippen molar-refractivity contribution in [2.75, 3.05) is 0 Å². The van der Waals surface area contributed by atoms with Crippen molar-refractivity contribution in [1.82, 2.24) is 39.7 Å². The predicted octanol–water partition coefficient (Wildman–Crippen LogP) is 4.20. The minimum atomic E-state index is -0.411. The SMILES string of the molecule is Cc1cn(-c2nccc3[nH]c(-c4[nH]nc5c(F)cc(-c6cccnc6)cc45)nc23)cn1. The van der Waals surface area contributed by atoms with Crippen molar-refractivity contribution in [2.45, 2.75) is 6.92 Å². The van der Waals surface area contributed by atoms with Gasteiger partial charge in [0.15, 0.2) is 17.5 Å². The Labute approximate surface area is 174 Å². The van der Waals surface area contributed by atoms with Crippen LogP contribution in [0.1, 0.15) is 5.69 Å². The van der Waals surface area contributed by atoms with E-state index in [-0.39, 0.29) is 5.52 Å².